The van der Waals surface area contributed by atoms with Gasteiger partial charge < -0.3 is 10.0 Å². The first-order valence-electron chi connectivity index (χ1n) is 7.59. The number of carbonyl (C=O) groups is 1. The van der Waals surface area contributed by atoms with Gasteiger partial charge in [-0.3, -0.25) is 10.1 Å². The van der Waals surface area contributed by atoms with Crippen LogP contribution in [0, 0.1) is 10.1 Å². The summed E-state index contributed by atoms with van der Waals surface area (Å²) in [6.07, 6.45) is -0.199. The molecule has 1 aliphatic rings. The first-order valence-corrected chi connectivity index (χ1v) is 7.97. The van der Waals surface area contributed by atoms with E-state index in [4.69, 9.17) is 11.6 Å². The minimum atomic E-state index is -2.97. The summed E-state index contributed by atoms with van der Waals surface area (Å²) in [5.41, 5.74) is -2.26. The Kier molecular flexibility index (Phi) is 5.12. The molecule has 1 aromatic heterocycles. The fraction of sp³-hybridized carbons (Fsp3) is 0.643. The zero-order chi connectivity index (χ0) is 19.0. The van der Waals surface area contributed by atoms with Crippen molar-refractivity contribution in [2.24, 2.45) is 0 Å². The summed E-state index contributed by atoms with van der Waals surface area (Å²) in [7, 11) is 0. The Morgan fingerprint density at radius 2 is 2.28 bits per heavy atom. The SMILES string of the molecule is CCC(C)(C(=O)O)N(c1nc(Cl)ncc1[N+](=O)[O-])[C@@H]1CCC(F)(F)C1. The van der Waals surface area contributed by atoms with E-state index in [1.165, 1.54) is 6.92 Å². The van der Waals surface area contributed by atoms with E-state index in [0.717, 1.165) is 11.1 Å². The molecular weight excluding hydrogens is 362 g/mol. The summed E-state index contributed by atoms with van der Waals surface area (Å²) in [6, 6.07) is -0.930. The number of anilines is 1. The minimum absolute atomic E-state index is 0.0170. The fourth-order valence-corrected chi connectivity index (χ4v) is 3.16. The first-order chi connectivity index (χ1) is 11.5. The van der Waals surface area contributed by atoms with Gasteiger partial charge in [-0.25, -0.2) is 18.6 Å². The van der Waals surface area contributed by atoms with Crippen molar-refractivity contribution in [3.63, 3.8) is 0 Å². The topological polar surface area (TPSA) is 109 Å². The Hall–Kier alpha value is -2.10. The van der Waals surface area contributed by atoms with E-state index in [2.05, 4.69) is 9.97 Å². The van der Waals surface area contributed by atoms with Gasteiger partial charge in [-0.05, 0) is 31.4 Å². The van der Waals surface area contributed by atoms with Crippen molar-refractivity contribution in [1.82, 2.24) is 9.97 Å². The van der Waals surface area contributed by atoms with Crippen LogP contribution in [0.15, 0.2) is 6.20 Å². The number of halogens is 3. The fourth-order valence-electron chi connectivity index (χ4n) is 3.03. The number of aliphatic carboxylic acids is 1. The molecule has 1 heterocycles. The van der Waals surface area contributed by atoms with Gasteiger partial charge in [0.25, 0.3) is 0 Å². The van der Waals surface area contributed by atoms with Gasteiger partial charge >= 0.3 is 11.7 Å². The summed E-state index contributed by atoms with van der Waals surface area (Å²) in [5.74, 6) is -4.63. The third kappa shape index (κ3) is 3.63. The van der Waals surface area contributed by atoms with Crippen LogP contribution in [-0.4, -0.2) is 43.5 Å². The number of alkyl halides is 2. The zero-order valence-electron chi connectivity index (χ0n) is 13.6. The highest BCUT2D eigenvalue weighted by atomic mass is 35.5. The van der Waals surface area contributed by atoms with Crippen molar-refractivity contribution in [3.8, 4) is 0 Å². The number of hydrogen-bond acceptors (Lipinski definition) is 6. The molecule has 0 spiro atoms. The Bertz CT molecular complexity index is 705. The van der Waals surface area contributed by atoms with E-state index >= 15 is 0 Å². The highest BCUT2D eigenvalue weighted by Gasteiger charge is 2.51. The second kappa shape index (κ2) is 6.66. The van der Waals surface area contributed by atoms with E-state index in [-0.39, 0.29) is 23.9 Å². The van der Waals surface area contributed by atoms with Gasteiger partial charge in [-0.15, -0.1) is 0 Å². The number of aromatic nitrogens is 2. The normalized spacial score (nSPS) is 21.6. The summed E-state index contributed by atoms with van der Waals surface area (Å²) >= 11 is 5.73. The lowest BCUT2D eigenvalue weighted by Gasteiger charge is -2.41. The van der Waals surface area contributed by atoms with Gasteiger partial charge in [0, 0.05) is 18.9 Å². The summed E-state index contributed by atoms with van der Waals surface area (Å²) in [6.45, 7) is 2.88. The third-order valence-electron chi connectivity index (χ3n) is 4.57. The van der Waals surface area contributed by atoms with Gasteiger partial charge in [0.2, 0.25) is 17.0 Å². The summed E-state index contributed by atoms with van der Waals surface area (Å²) < 4.78 is 27.5. The molecule has 1 aliphatic carbocycles. The number of carboxylic acid groups (broad SMARTS) is 1. The lowest BCUT2D eigenvalue weighted by molar-refractivity contribution is -0.384. The van der Waals surface area contributed by atoms with Crippen LogP contribution in [-0.2, 0) is 4.79 Å². The lowest BCUT2D eigenvalue weighted by atomic mass is 9.93. The van der Waals surface area contributed by atoms with Crippen LogP contribution in [0.4, 0.5) is 20.3 Å². The van der Waals surface area contributed by atoms with Crippen LogP contribution in [0.3, 0.4) is 0 Å². The molecule has 1 unspecified atom stereocenters. The Labute approximate surface area is 147 Å². The Balaban J connectivity index is 2.66. The monoisotopic (exact) mass is 378 g/mol. The molecule has 0 saturated heterocycles. The standard InChI is InChI=1S/C14H17ClF2N4O4/c1-3-13(2,11(22)23)20(8-4-5-14(16,17)6-8)10-9(21(24)25)7-18-12(15)19-10/h7-8H,3-6H2,1-2H3,(H,22,23)/t8-,13?/m1/s1. The Morgan fingerprint density at radius 3 is 2.72 bits per heavy atom. The second-order valence-electron chi connectivity index (χ2n) is 6.16. The molecule has 11 heteroatoms. The number of rotatable bonds is 6. The van der Waals surface area contributed by atoms with E-state index in [1.807, 2.05) is 0 Å². The molecule has 8 nitrogen and oxygen atoms in total. The van der Waals surface area contributed by atoms with Crippen LogP contribution >= 0.6 is 11.6 Å². The number of nitro groups is 1. The van der Waals surface area contributed by atoms with Crippen LogP contribution in [0.2, 0.25) is 5.28 Å². The predicted molar refractivity (Wildman–Crippen MR) is 85.1 cm³/mol. The van der Waals surface area contributed by atoms with Gasteiger partial charge in [-0.1, -0.05) is 6.92 Å². The molecule has 0 amide bonds. The van der Waals surface area contributed by atoms with Crippen molar-refractivity contribution >= 4 is 29.1 Å². The third-order valence-corrected chi connectivity index (χ3v) is 4.75. The van der Waals surface area contributed by atoms with E-state index in [9.17, 15) is 28.8 Å². The molecule has 0 radical (unpaired) electrons. The number of hydrogen-bond donors (Lipinski definition) is 1. The molecule has 1 saturated carbocycles. The molecule has 0 aliphatic heterocycles. The van der Waals surface area contributed by atoms with Crippen molar-refractivity contribution in [1.29, 1.82) is 0 Å². The van der Waals surface area contributed by atoms with Gasteiger partial charge in [0.15, 0.2) is 0 Å². The largest absolute Gasteiger partial charge is 0.480 e. The van der Waals surface area contributed by atoms with Crippen LogP contribution in [0.1, 0.15) is 39.5 Å². The van der Waals surface area contributed by atoms with Gasteiger partial charge in [-0.2, -0.15) is 4.98 Å². The summed E-state index contributed by atoms with van der Waals surface area (Å²) in [4.78, 5) is 30.9. The van der Waals surface area contributed by atoms with Crippen LogP contribution in [0.25, 0.3) is 0 Å². The minimum Gasteiger partial charge on any atom is -0.480 e. The van der Waals surface area contributed by atoms with Crippen molar-refractivity contribution in [2.75, 3.05) is 4.90 Å². The molecule has 1 N–H and O–H groups in total. The van der Waals surface area contributed by atoms with Crippen molar-refractivity contribution in [2.45, 2.75) is 57.0 Å². The Morgan fingerprint density at radius 1 is 1.64 bits per heavy atom. The predicted octanol–water partition coefficient (Wildman–Crippen LogP) is 3.29. The van der Waals surface area contributed by atoms with Gasteiger partial charge in [0.05, 0.1) is 4.92 Å². The number of nitrogens with zero attached hydrogens (tertiary/aromatic N) is 4. The molecule has 2 atom stereocenters. The maximum Gasteiger partial charge on any atom is 0.329 e. The quantitative estimate of drug-likeness (QED) is 0.459. The molecule has 2 rings (SSSR count). The summed E-state index contributed by atoms with van der Waals surface area (Å²) in [5, 5.41) is 20.7. The maximum absolute atomic E-state index is 13.7. The molecule has 1 aromatic rings. The second-order valence-corrected chi connectivity index (χ2v) is 6.50. The van der Waals surface area contributed by atoms with Gasteiger partial charge in [0.1, 0.15) is 11.7 Å². The highest BCUT2D eigenvalue weighted by Crippen LogP contribution is 2.44. The first kappa shape index (κ1) is 19.2. The average Bonchev–Trinajstić information content (AvgIpc) is 2.86. The average molecular weight is 379 g/mol. The maximum atomic E-state index is 13.7. The molecule has 138 valence electrons. The molecule has 1 fully saturated rings. The van der Waals surface area contributed by atoms with Crippen molar-refractivity contribution in [3.05, 3.63) is 21.6 Å². The van der Waals surface area contributed by atoms with E-state index in [0.29, 0.717) is 0 Å². The smallest absolute Gasteiger partial charge is 0.329 e. The highest BCUT2D eigenvalue weighted by molar-refractivity contribution is 6.28. The zero-order valence-corrected chi connectivity index (χ0v) is 14.3. The molecule has 25 heavy (non-hydrogen) atoms. The lowest BCUT2D eigenvalue weighted by Crippen LogP contribution is -2.57. The van der Waals surface area contributed by atoms with E-state index < -0.39 is 46.9 Å². The molecular formula is C14H17ClF2N4O4. The van der Waals surface area contributed by atoms with E-state index in [1.54, 1.807) is 6.92 Å². The van der Waals surface area contributed by atoms with Crippen LogP contribution in [0.5, 0.6) is 0 Å². The van der Waals surface area contributed by atoms with Crippen LogP contribution < -0.4 is 4.90 Å². The number of carboxylic acids is 1. The molecule has 0 aromatic carbocycles. The van der Waals surface area contributed by atoms with Crippen molar-refractivity contribution < 1.29 is 23.6 Å². The molecule has 0 bridgehead atoms.